The van der Waals surface area contributed by atoms with E-state index >= 15 is 0 Å². The summed E-state index contributed by atoms with van der Waals surface area (Å²) in [6.07, 6.45) is 6.47. The molecule has 0 saturated heterocycles. The van der Waals surface area contributed by atoms with Crippen LogP contribution in [0.4, 0.5) is 14.6 Å². The lowest BCUT2D eigenvalue weighted by atomic mass is 9.87. The number of benzene rings is 2. The minimum atomic E-state index is -0.557. The zero-order valence-electron chi connectivity index (χ0n) is 22.6. The normalized spacial score (nSPS) is 15.5. The molecule has 4 rings (SSSR count). The van der Waals surface area contributed by atoms with Crippen LogP contribution in [0.15, 0.2) is 48.9 Å². The topological polar surface area (TPSA) is 91.3 Å². The number of para-hydroxylation sites is 1. The molecule has 0 unspecified atom stereocenters. The SMILES string of the molecule is CCC[C@H](N[C@H]1CCc2cc(F)cc(F)c2C1)C(=O)Nc1cn(-c2ccccc2CNCC(=O)N(C)C)cn1. The Morgan fingerprint density at radius 2 is 2.00 bits per heavy atom. The number of nitrogens with zero attached hydrogens (tertiary/aromatic N) is 3. The summed E-state index contributed by atoms with van der Waals surface area (Å²) >= 11 is 0. The van der Waals surface area contributed by atoms with Crippen molar-refractivity contribution in [3.63, 3.8) is 0 Å². The molecule has 1 aromatic heterocycles. The van der Waals surface area contributed by atoms with Gasteiger partial charge in [0.05, 0.1) is 24.5 Å². The highest BCUT2D eigenvalue weighted by Crippen LogP contribution is 2.26. The molecule has 0 aliphatic heterocycles. The number of carbonyl (C=O) groups excluding carboxylic acids is 2. The largest absolute Gasteiger partial charge is 0.348 e. The Morgan fingerprint density at radius 1 is 1.21 bits per heavy atom. The molecule has 0 fully saturated rings. The molecule has 0 saturated carbocycles. The second-order valence-electron chi connectivity index (χ2n) is 10.1. The van der Waals surface area contributed by atoms with Gasteiger partial charge in [0.2, 0.25) is 11.8 Å². The minimum absolute atomic E-state index is 0.00757. The molecule has 3 aromatic rings. The molecule has 8 nitrogen and oxygen atoms in total. The van der Waals surface area contributed by atoms with Gasteiger partial charge in [-0.2, -0.15) is 0 Å². The molecule has 10 heteroatoms. The summed E-state index contributed by atoms with van der Waals surface area (Å²) in [6, 6.07) is 9.54. The summed E-state index contributed by atoms with van der Waals surface area (Å²) in [6.45, 7) is 2.73. The van der Waals surface area contributed by atoms with E-state index in [1.807, 2.05) is 35.8 Å². The van der Waals surface area contributed by atoms with Crippen LogP contribution in [0.3, 0.4) is 0 Å². The number of amides is 2. The molecule has 2 aromatic carbocycles. The first-order valence-electron chi connectivity index (χ1n) is 13.3. The van der Waals surface area contributed by atoms with Gasteiger partial charge in [-0.15, -0.1) is 0 Å². The monoisotopic (exact) mass is 538 g/mol. The minimum Gasteiger partial charge on any atom is -0.348 e. The molecule has 2 amide bonds. The van der Waals surface area contributed by atoms with E-state index < -0.39 is 17.7 Å². The van der Waals surface area contributed by atoms with Crippen LogP contribution in [-0.4, -0.2) is 59.0 Å². The molecule has 0 spiro atoms. The van der Waals surface area contributed by atoms with Gasteiger partial charge in [0.25, 0.3) is 0 Å². The summed E-state index contributed by atoms with van der Waals surface area (Å²) in [7, 11) is 3.44. The van der Waals surface area contributed by atoms with Crippen molar-refractivity contribution in [3.8, 4) is 5.69 Å². The number of likely N-dealkylation sites (N-methyl/N-ethyl adjacent to an activating group) is 1. The highest BCUT2D eigenvalue weighted by atomic mass is 19.1. The average molecular weight is 539 g/mol. The highest BCUT2D eigenvalue weighted by molar-refractivity contribution is 5.94. The third-order valence-electron chi connectivity index (χ3n) is 6.99. The Morgan fingerprint density at radius 3 is 2.77 bits per heavy atom. The zero-order chi connectivity index (χ0) is 27.9. The fraction of sp³-hybridized carbons (Fsp3) is 0.414. The smallest absolute Gasteiger partial charge is 0.242 e. The van der Waals surface area contributed by atoms with Gasteiger partial charge in [-0.25, -0.2) is 13.8 Å². The molecule has 39 heavy (non-hydrogen) atoms. The van der Waals surface area contributed by atoms with E-state index in [0.29, 0.717) is 49.2 Å². The van der Waals surface area contributed by atoms with Crippen molar-refractivity contribution in [3.05, 3.63) is 77.2 Å². The van der Waals surface area contributed by atoms with Crippen LogP contribution in [0, 0.1) is 11.6 Å². The van der Waals surface area contributed by atoms with E-state index in [4.69, 9.17) is 0 Å². The zero-order valence-corrected chi connectivity index (χ0v) is 22.6. The molecule has 0 bridgehead atoms. The van der Waals surface area contributed by atoms with E-state index in [-0.39, 0.29) is 24.4 Å². The van der Waals surface area contributed by atoms with Crippen molar-refractivity contribution in [2.45, 2.75) is 57.7 Å². The van der Waals surface area contributed by atoms with Crippen molar-refractivity contribution in [2.24, 2.45) is 0 Å². The van der Waals surface area contributed by atoms with Crippen LogP contribution in [0.2, 0.25) is 0 Å². The van der Waals surface area contributed by atoms with Gasteiger partial charge < -0.3 is 25.4 Å². The van der Waals surface area contributed by atoms with Gasteiger partial charge in [0.15, 0.2) is 5.82 Å². The Hall–Kier alpha value is -3.63. The summed E-state index contributed by atoms with van der Waals surface area (Å²) in [5, 5.41) is 9.48. The number of imidazole rings is 1. The third kappa shape index (κ3) is 7.27. The Labute approximate surface area is 227 Å². The molecule has 1 aliphatic rings. The Bertz CT molecular complexity index is 1310. The number of aryl methyl sites for hydroxylation is 1. The van der Waals surface area contributed by atoms with Crippen molar-refractivity contribution >= 4 is 17.6 Å². The van der Waals surface area contributed by atoms with E-state index in [1.165, 1.54) is 11.0 Å². The van der Waals surface area contributed by atoms with E-state index in [2.05, 4.69) is 20.9 Å². The van der Waals surface area contributed by atoms with Gasteiger partial charge in [-0.1, -0.05) is 31.5 Å². The van der Waals surface area contributed by atoms with Gasteiger partial charge in [-0.05, 0) is 54.5 Å². The molecular formula is C29H36F2N6O2. The summed E-state index contributed by atoms with van der Waals surface area (Å²) in [5.41, 5.74) is 3.09. The van der Waals surface area contributed by atoms with E-state index in [9.17, 15) is 18.4 Å². The summed E-state index contributed by atoms with van der Waals surface area (Å²) in [5.74, 6) is -0.877. The lowest BCUT2D eigenvalue weighted by Gasteiger charge is -2.29. The lowest BCUT2D eigenvalue weighted by Crippen LogP contribution is -2.48. The Balaban J connectivity index is 1.39. The van der Waals surface area contributed by atoms with Gasteiger partial charge in [0, 0.05) is 32.7 Å². The maximum atomic E-state index is 14.4. The van der Waals surface area contributed by atoms with Crippen molar-refractivity contribution in [1.82, 2.24) is 25.1 Å². The number of hydrogen-bond donors (Lipinski definition) is 3. The number of fused-ring (bicyclic) bond motifs is 1. The van der Waals surface area contributed by atoms with Gasteiger partial charge in [0.1, 0.15) is 18.0 Å². The first kappa shape index (κ1) is 28.4. The molecular weight excluding hydrogens is 502 g/mol. The third-order valence-corrected chi connectivity index (χ3v) is 6.99. The molecule has 0 radical (unpaired) electrons. The van der Waals surface area contributed by atoms with E-state index in [0.717, 1.165) is 23.7 Å². The molecule has 208 valence electrons. The standard InChI is InChI=1S/C29H36F2N6O2/c1-4-7-25(34-22-11-10-19-12-21(30)13-24(31)23(19)14-22)29(39)35-27-17-37(18-33-27)26-9-6-5-8-20(26)15-32-16-28(38)36(2)3/h5-6,8-9,12-13,17-18,22,25,32,34H,4,7,10-11,14-16H2,1-3H3,(H,35,39)/t22-,25-/m0/s1. The van der Waals surface area contributed by atoms with Crippen LogP contribution in [0.5, 0.6) is 0 Å². The van der Waals surface area contributed by atoms with Crippen LogP contribution in [-0.2, 0) is 29.0 Å². The van der Waals surface area contributed by atoms with Crippen LogP contribution < -0.4 is 16.0 Å². The average Bonchev–Trinajstić information content (AvgIpc) is 3.37. The molecule has 3 N–H and O–H groups in total. The van der Waals surface area contributed by atoms with E-state index in [1.54, 1.807) is 26.6 Å². The maximum Gasteiger partial charge on any atom is 0.242 e. The first-order chi connectivity index (χ1) is 18.7. The number of rotatable bonds is 11. The second-order valence-corrected chi connectivity index (χ2v) is 10.1. The fourth-order valence-corrected chi connectivity index (χ4v) is 4.90. The number of carbonyl (C=O) groups is 2. The first-order valence-corrected chi connectivity index (χ1v) is 13.3. The predicted octanol–water partition coefficient (Wildman–Crippen LogP) is 3.58. The van der Waals surface area contributed by atoms with Crippen LogP contribution >= 0.6 is 0 Å². The maximum absolute atomic E-state index is 14.4. The fourth-order valence-electron chi connectivity index (χ4n) is 4.90. The van der Waals surface area contributed by atoms with Crippen molar-refractivity contribution in [2.75, 3.05) is 26.0 Å². The van der Waals surface area contributed by atoms with Crippen LogP contribution in [0.25, 0.3) is 5.69 Å². The number of nitrogens with one attached hydrogen (secondary N) is 3. The number of halogens is 2. The van der Waals surface area contributed by atoms with Crippen molar-refractivity contribution in [1.29, 1.82) is 0 Å². The quantitative estimate of drug-likeness (QED) is 0.347. The van der Waals surface area contributed by atoms with Gasteiger partial charge in [-0.3, -0.25) is 9.59 Å². The number of hydrogen-bond acceptors (Lipinski definition) is 5. The highest BCUT2D eigenvalue weighted by Gasteiger charge is 2.27. The van der Waals surface area contributed by atoms with Crippen molar-refractivity contribution < 1.29 is 18.4 Å². The van der Waals surface area contributed by atoms with Gasteiger partial charge >= 0.3 is 0 Å². The molecule has 1 heterocycles. The Kier molecular flexibility index (Phi) is 9.42. The number of anilines is 1. The summed E-state index contributed by atoms with van der Waals surface area (Å²) < 4.78 is 29.8. The summed E-state index contributed by atoms with van der Waals surface area (Å²) in [4.78, 5) is 31.0. The predicted molar refractivity (Wildman–Crippen MR) is 147 cm³/mol. The lowest BCUT2D eigenvalue weighted by molar-refractivity contribution is -0.127. The molecule has 2 atom stereocenters. The second kappa shape index (κ2) is 12.9. The number of aromatic nitrogens is 2. The van der Waals surface area contributed by atoms with Crippen LogP contribution in [0.1, 0.15) is 42.9 Å². The molecule has 1 aliphatic carbocycles.